The second-order valence-electron chi connectivity index (χ2n) is 6.84. The van der Waals surface area contributed by atoms with Crippen molar-refractivity contribution in [1.29, 1.82) is 0 Å². The molecule has 0 saturated heterocycles. The molecular formula is C24H21NO5. The Hall–Kier alpha value is -3.80. The smallest absolute Gasteiger partial charge is 0.351 e. The van der Waals surface area contributed by atoms with Crippen molar-refractivity contribution in [2.45, 2.75) is 12.5 Å². The first-order valence-electron chi connectivity index (χ1n) is 9.66. The largest absolute Gasteiger partial charge is 0.485 e. The number of benzene rings is 3. The third kappa shape index (κ3) is 4.78. The Balaban J connectivity index is 1.32. The maximum absolute atomic E-state index is 12.3. The second-order valence-corrected chi connectivity index (χ2v) is 6.84. The zero-order valence-corrected chi connectivity index (χ0v) is 16.2. The maximum atomic E-state index is 12.3. The van der Waals surface area contributed by atoms with E-state index >= 15 is 0 Å². The van der Waals surface area contributed by atoms with Gasteiger partial charge in [-0.25, -0.2) is 4.79 Å². The van der Waals surface area contributed by atoms with Gasteiger partial charge in [-0.1, -0.05) is 60.7 Å². The maximum Gasteiger partial charge on any atom is 0.351 e. The minimum Gasteiger partial charge on any atom is -0.485 e. The predicted octanol–water partition coefficient (Wildman–Crippen LogP) is 3.60. The molecule has 3 aromatic carbocycles. The molecule has 30 heavy (non-hydrogen) atoms. The summed E-state index contributed by atoms with van der Waals surface area (Å²) in [6.45, 7) is -0.364. The summed E-state index contributed by atoms with van der Waals surface area (Å²) in [5, 5.41) is 2.82. The molecule has 1 atom stereocenters. The van der Waals surface area contributed by atoms with Crippen molar-refractivity contribution in [3.05, 3.63) is 90.0 Å². The first kappa shape index (κ1) is 19.5. The van der Waals surface area contributed by atoms with Crippen molar-refractivity contribution in [1.82, 2.24) is 0 Å². The van der Waals surface area contributed by atoms with E-state index in [4.69, 9.17) is 14.2 Å². The van der Waals surface area contributed by atoms with Crippen molar-refractivity contribution in [3.63, 3.8) is 0 Å². The normalized spacial score (nSPS) is 14.6. The molecule has 0 aliphatic carbocycles. The number of fused-ring (bicyclic) bond motifs is 1. The van der Waals surface area contributed by atoms with Crippen molar-refractivity contribution >= 4 is 17.6 Å². The van der Waals surface area contributed by atoms with E-state index in [9.17, 15) is 9.59 Å². The minimum absolute atomic E-state index is 0.0391. The van der Waals surface area contributed by atoms with Crippen LogP contribution in [0.15, 0.2) is 78.9 Å². The first-order chi connectivity index (χ1) is 14.7. The second kappa shape index (κ2) is 9.13. The highest BCUT2D eigenvalue weighted by atomic mass is 16.6. The molecule has 0 bridgehead atoms. The summed E-state index contributed by atoms with van der Waals surface area (Å²) in [7, 11) is 0. The first-order valence-corrected chi connectivity index (χ1v) is 9.66. The van der Waals surface area contributed by atoms with Gasteiger partial charge >= 0.3 is 5.97 Å². The van der Waals surface area contributed by atoms with Crippen LogP contribution in [0.4, 0.5) is 5.69 Å². The summed E-state index contributed by atoms with van der Waals surface area (Å²) in [5.41, 5.74) is 2.80. The molecule has 1 amide bonds. The Bertz CT molecular complexity index is 1030. The summed E-state index contributed by atoms with van der Waals surface area (Å²) in [6.07, 6.45) is -0.220. The monoisotopic (exact) mass is 403 g/mol. The number of rotatable bonds is 6. The molecular weight excluding hydrogens is 382 g/mol. The van der Waals surface area contributed by atoms with E-state index in [1.807, 2.05) is 60.7 Å². The molecule has 3 aromatic rings. The van der Waals surface area contributed by atoms with Gasteiger partial charge < -0.3 is 19.5 Å². The lowest BCUT2D eigenvalue weighted by atomic mass is 10.0. The number of hydrogen-bond donors (Lipinski definition) is 1. The van der Waals surface area contributed by atoms with Gasteiger partial charge in [0.05, 0.1) is 0 Å². The van der Waals surface area contributed by atoms with Crippen molar-refractivity contribution in [2.24, 2.45) is 0 Å². The molecule has 1 aliphatic heterocycles. The van der Waals surface area contributed by atoms with Crippen LogP contribution in [-0.2, 0) is 20.7 Å². The van der Waals surface area contributed by atoms with E-state index in [0.717, 1.165) is 11.1 Å². The number of hydrogen-bond acceptors (Lipinski definition) is 5. The quantitative estimate of drug-likeness (QED) is 0.637. The zero-order valence-electron chi connectivity index (χ0n) is 16.2. The van der Waals surface area contributed by atoms with E-state index in [-0.39, 0.29) is 6.61 Å². The van der Waals surface area contributed by atoms with Gasteiger partial charge in [0.1, 0.15) is 6.61 Å². The number of carbonyl (C=O) groups is 2. The van der Waals surface area contributed by atoms with Crippen LogP contribution < -0.4 is 14.8 Å². The summed E-state index contributed by atoms with van der Waals surface area (Å²) in [6, 6.07) is 24.6. The summed E-state index contributed by atoms with van der Waals surface area (Å²) in [5.74, 6) is -0.00230. The van der Waals surface area contributed by atoms with Crippen molar-refractivity contribution < 1.29 is 23.8 Å². The zero-order chi connectivity index (χ0) is 20.8. The molecule has 1 unspecified atom stereocenters. The Labute approximate surface area is 174 Å². The van der Waals surface area contributed by atoms with Crippen LogP contribution >= 0.6 is 0 Å². The molecule has 152 valence electrons. The summed E-state index contributed by atoms with van der Waals surface area (Å²) >= 11 is 0. The molecule has 0 fully saturated rings. The van der Waals surface area contributed by atoms with E-state index in [1.165, 1.54) is 0 Å². The Morgan fingerprint density at radius 3 is 2.43 bits per heavy atom. The topological polar surface area (TPSA) is 73.9 Å². The average Bonchev–Trinajstić information content (AvgIpc) is 2.79. The standard InChI is InChI=1S/C24H21NO5/c26-23(16-29-24(27)22-15-28-20-12-6-7-13-21(20)30-22)25-19-11-5-4-10-18(19)14-17-8-2-1-3-9-17/h1-13,22H,14-16H2,(H,25,26). The lowest BCUT2D eigenvalue weighted by molar-refractivity contribution is -0.156. The summed E-state index contributed by atoms with van der Waals surface area (Å²) in [4.78, 5) is 24.6. The van der Waals surface area contributed by atoms with Crippen LogP contribution in [0.5, 0.6) is 11.5 Å². The molecule has 0 radical (unpaired) electrons. The third-order valence-corrected chi connectivity index (χ3v) is 4.65. The van der Waals surface area contributed by atoms with Gasteiger partial charge in [-0.15, -0.1) is 0 Å². The average molecular weight is 403 g/mol. The molecule has 4 rings (SSSR count). The van der Waals surface area contributed by atoms with Crippen LogP contribution in [0.2, 0.25) is 0 Å². The summed E-state index contributed by atoms with van der Waals surface area (Å²) < 4.78 is 16.2. The number of ether oxygens (including phenoxy) is 3. The number of nitrogens with one attached hydrogen (secondary N) is 1. The lowest BCUT2D eigenvalue weighted by Crippen LogP contribution is -2.39. The highest BCUT2D eigenvalue weighted by molar-refractivity contribution is 5.93. The number of amides is 1. The molecule has 0 saturated carbocycles. The van der Waals surface area contributed by atoms with Crippen LogP contribution in [-0.4, -0.2) is 31.2 Å². The van der Waals surface area contributed by atoms with Crippen LogP contribution in [0.25, 0.3) is 0 Å². The van der Waals surface area contributed by atoms with E-state index in [0.29, 0.717) is 23.6 Å². The highest BCUT2D eigenvalue weighted by Gasteiger charge is 2.29. The van der Waals surface area contributed by atoms with E-state index in [1.54, 1.807) is 18.2 Å². The van der Waals surface area contributed by atoms with Crippen LogP contribution in [0.1, 0.15) is 11.1 Å². The van der Waals surface area contributed by atoms with Gasteiger partial charge in [-0.2, -0.15) is 0 Å². The molecule has 0 aromatic heterocycles. The predicted molar refractivity (Wildman–Crippen MR) is 112 cm³/mol. The molecule has 6 heteroatoms. The third-order valence-electron chi connectivity index (χ3n) is 4.65. The SMILES string of the molecule is O=C(COC(=O)C1COc2ccccc2O1)Nc1ccccc1Cc1ccccc1. The Morgan fingerprint density at radius 2 is 1.60 bits per heavy atom. The minimum atomic E-state index is -0.905. The number of para-hydroxylation sites is 3. The number of carbonyl (C=O) groups excluding carboxylic acids is 2. The Morgan fingerprint density at radius 1 is 0.900 bits per heavy atom. The van der Waals surface area contributed by atoms with E-state index < -0.39 is 24.6 Å². The fraction of sp³-hybridized carbons (Fsp3) is 0.167. The molecule has 6 nitrogen and oxygen atoms in total. The van der Waals surface area contributed by atoms with E-state index in [2.05, 4.69) is 5.32 Å². The molecule has 1 aliphatic rings. The van der Waals surface area contributed by atoms with Gasteiger partial charge in [-0.3, -0.25) is 4.79 Å². The number of anilines is 1. The van der Waals surface area contributed by atoms with Crippen molar-refractivity contribution in [3.8, 4) is 11.5 Å². The Kier molecular flexibility index (Phi) is 5.94. The van der Waals surface area contributed by atoms with Crippen molar-refractivity contribution in [2.75, 3.05) is 18.5 Å². The lowest BCUT2D eigenvalue weighted by Gasteiger charge is -2.24. The van der Waals surface area contributed by atoms with Gasteiger partial charge in [0.15, 0.2) is 18.1 Å². The highest BCUT2D eigenvalue weighted by Crippen LogP contribution is 2.31. The van der Waals surface area contributed by atoms with Gasteiger partial charge in [0.25, 0.3) is 5.91 Å². The molecule has 1 heterocycles. The molecule has 0 spiro atoms. The van der Waals surface area contributed by atoms with Gasteiger partial charge in [-0.05, 0) is 35.7 Å². The van der Waals surface area contributed by atoms with Gasteiger partial charge in [0, 0.05) is 5.69 Å². The number of esters is 1. The molecule has 1 N–H and O–H groups in total. The van der Waals surface area contributed by atoms with Gasteiger partial charge in [0.2, 0.25) is 6.10 Å². The fourth-order valence-corrected chi connectivity index (χ4v) is 3.16. The van der Waals surface area contributed by atoms with Crippen LogP contribution in [0.3, 0.4) is 0 Å². The fourth-order valence-electron chi connectivity index (χ4n) is 3.16. The van der Waals surface area contributed by atoms with Crippen LogP contribution in [0, 0.1) is 0 Å².